The monoisotopic (exact) mass is 617 g/mol. The molecule has 1 aliphatic rings. The minimum absolute atomic E-state index is 0.229. The normalized spacial score (nSPS) is 18.0. The summed E-state index contributed by atoms with van der Waals surface area (Å²) < 4.78 is 32.9. The quantitative estimate of drug-likeness (QED) is 0.117. The van der Waals surface area contributed by atoms with E-state index in [9.17, 15) is 13.9 Å². The number of benzene rings is 3. The summed E-state index contributed by atoms with van der Waals surface area (Å²) >= 11 is 0. The third-order valence-corrected chi connectivity index (χ3v) is 10.6. The van der Waals surface area contributed by atoms with E-state index in [1.165, 1.54) is 0 Å². The zero-order valence-corrected chi connectivity index (χ0v) is 26.7. The fourth-order valence-electron chi connectivity index (χ4n) is 6.07. The van der Waals surface area contributed by atoms with Crippen LogP contribution in [-0.4, -0.2) is 47.0 Å². The molecule has 2 atom stereocenters. The maximum absolute atomic E-state index is 13.3. The average Bonchev–Trinajstić information content (AvgIpc) is 3.39. The van der Waals surface area contributed by atoms with Gasteiger partial charge in [-0.2, -0.15) is 4.31 Å². The van der Waals surface area contributed by atoms with E-state index < -0.39 is 28.0 Å². The first-order chi connectivity index (χ1) is 20.9. The first-order valence-electron chi connectivity index (χ1n) is 14.7. The number of amides is 1. The molecular formula is C32H39N7O4S. The highest BCUT2D eigenvalue weighted by Crippen LogP contribution is 2.57. The Morgan fingerprint density at radius 1 is 1.18 bits per heavy atom. The van der Waals surface area contributed by atoms with E-state index >= 15 is 0 Å². The van der Waals surface area contributed by atoms with Crippen LogP contribution in [0.1, 0.15) is 67.9 Å². The fraction of sp³-hybridized carbons (Fsp3) is 0.406. The molecule has 0 saturated carbocycles. The zero-order valence-electron chi connectivity index (χ0n) is 25.9. The van der Waals surface area contributed by atoms with Gasteiger partial charge < -0.3 is 4.74 Å². The smallest absolute Gasteiger partial charge is 0.225 e. The summed E-state index contributed by atoms with van der Waals surface area (Å²) in [4.78, 5) is 16.5. The van der Waals surface area contributed by atoms with Crippen molar-refractivity contribution in [2.45, 2.75) is 78.0 Å². The Kier molecular flexibility index (Phi) is 8.75. The molecule has 3 aromatic carbocycles. The standard InChI is InChI=1S/C32H39N7O4S/c1-7-24-19-38(44(41,42)28-12-10-9-11-27(28)43-24)18-23-17-22(14-13-20(23)3)29(32(5,6)31(40)35-36-33)25-15-16-26-30(21(25)4)34-37-39(26)8-2/h9-17,24,29,41-42H,7-8,18-19H2,1-6H3. The van der Waals surface area contributed by atoms with Crippen LogP contribution in [0.5, 0.6) is 5.75 Å². The summed E-state index contributed by atoms with van der Waals surface area (Å²) in [5.74, 6) is -0.602. The van der Waals surface area contributed by atoms with E-state index in [0.29, 0.717) is 30.2 Å². The Morgan fingerprint density at radius 2 is 1.93 bits per heavy atom. The van der Waals surface area contributed by atoms with Gasteiger partial charge in [-0.3, -0.25) is 13.9 Å². The predicted molar refractivity (Wildman–Crippen MR) is 172 cm³/mol. The molecule has 1 aromatic heterocycles. The third-order valence-electron chi connectivity index (χ3n) is 8.72. The summed E-state index contributed by atoms with van der Waals surface area (Å²) in [6.45, 7) is 12.8. The van der Waals surface area contributed by atoms with Crippen molar-refractivity contribution in [3.8, 4) is 5.75 Å². The first kappa shape index (κ1) is 31.5. The zero-order chi connectivity index (χ0) is 31.8. The summed E-state index contributed by atoms with van der Waals surface area (Å²) in [5, 5.41) is 12.2. The number of rotatable bonds is 8. The SMILES string of the molecule is CCC1CN(Cc2cc(C(c3ccc4c(nnn4CC)c3C)C(C)(C)C(=O)N=[N+]=[N-])ccc2C)S(O)(O)c2ccccc2O1. The molecule has 0 aliphatic carbocycles. The lowest BCUT2D eigenvalue weighted by Gasteiger charge is -2.42. The van der Waals surface area contributed by atoms with Gasteiger partial charge in [-0.15, -0.1) is 15.9 Å². The topological polar surface area (TPSA) is 149 Å². The maximum atomic E-state index is 13.3. The lowest BCUT2D eigenvalue weighted by atomic mass is 9.69. The molecule has 5 rings (SSSR count). The van der Waals surface area contributed by atoms with Crippen LogP contribution in [0.15, 0.2) is 64.6 Å². The molecule has 232 valence electrons. The van der Waals surface area contributed by atoms with E-state index in [2.05, 4.69) is 20.3 Å². The number of ether oxygens (including phenoxy) is 1. The second-order valence-corrected chi connectivity index (χ2v) is 13.8. The highest BCUT2D eigenvalue weighted by Gasteiger charge is 2.40. The Bertz CT molecular complexity index is 1760. The summed E-state index contributed by atoms with van der Waals surface area (Å²) in [5.41, 5.74) is 14.1. The van der Waals surface area contributed by atoms with Crippen molar-refractivity contribution in [3.05, 3.63) is 92.9 Å². The van der Waals surface area contributed by atoms with Crippen molar-refractivity contribution in [1.82, 2.24) is 19.3 Å². The molecule has 0 radical (unpaired) electrons. The first-order valence-corrected chi connectivity index (χ1v) is 16.2. The molecule has 2 unspecified atom stereocenters. The molecule has 0 spiro atoms. The predicted octanol–water partition coefficient (Wildman–Crippen LogP) is 7.76. The van der Waals surface area contributed by atoms with Gasteiger partial charge in [0.15, 0.2) is 0 Å². The number of carbonyl (C=O) groups is 1. The van der Waals surface area contributed by atoms with Gasteiger partial charge in [0.1, 0.15) is 22.3 Å². The molecule has 0 saturated heterocycles. The van der Waals surface area contributed by atoms with Crippen LogP contribution in [-0.2, 0) is 17.9 Å². The lowest BCUT2D eigenvalue weighted by molar-refractivity contribution is -0.126. The van der Waals surface area contributed by atoms with Gasteiger partial charge in [0.2, 0.25) is 5.91 Å². The number of fused-ring (bicyclic) bond motifs is 2. The van der Waals surface area contributed by atoms with E-state index in [1.54, 1.807) is 36.4 Å². The number of aromatic nitrogens is 3. The second-order valence-electron chi connectivity index (χ2n) is 11.8. The molecule has 0 fully saturated rings. The molecule has 4 aromatic rings. The second kappa shape index (κ2) is 12.2. The van der Waals surface area contributed by atoms with Gasteiger partial charge in [0, 0.05) is 29.3 Å². The molecule has 1 aliphatic heterocycles. The van der Waals surface area contributed by atoms with E-state index in [1.807, 2.05) is 68.8 Å². The molecule has 0 bridgehead atoms. The Hall–Kier alpha value is -3.93. The minimum atomic E-state index is -3.36. The van der Waals surface area contributed by atoms with Crippen molar-refractivity contribution in [3.63, 3.8) is 0 Å². The van der Waals surface area contributed by atoms with E-state index in [-0.39, 0.29) is 12.6 Å². The molecular weight excluding hydrogens is 578 g/mol. The summed E-state index contributed by atoms with van der Waals surface area (Å²) in [6.07, 6.45) is 0.467. The molecule has 1 amide bonds. The van der Waals surface area contributed by atoms with Crippen LogP contribution >= 0.6 is 10.8 Å². The van der Waals surface area contributed by atoms with Gasteiger partial charge in [-0.25, -0.2) is 4.68 Å². The number of para-hydroxylation sites is 1. The number of azide groups is 1. The largest absolute Gasteiger partial charge is 0.487 e. The van der Waals surface area contributed by atoms with Gasteiger partial charge in [0.25, 0.3) is 0 Å². The number of hydrogen-bond acceptors (Lipinski definition) is 7. The van der Waals surface area contributed by atoms with Crippen LogP contribution in [0.4, 0.5) is 0 Å². The van der Waals surface area contributed by atoms with E-state index in [0.717, 1.165) is 38.9 Å². The molecule has 2 N–H and O–H groups in total. The van der Waals surface area contributed by atoms with Crippen LogP contribution in [0.25, 0.3) is 21.5 Å². The minimum Gasteiger partial charge on any atom is -0.487 e. The third kappa shape index (κ3) is 5.55. The molecule has 12 heteroatoms. The van der Waals surface area contributed by atoms with Gasteiger partial charge >= 0.3 is 0 Å². The lowest BCUT2D eigenvalue weighted by Crippen LogP contribution is -2.35. The number of carbonyl (C=O) groups excluding carboxylic acids is 1. The average molecular weight is 618 g/mol. The van der Waals surface area contributed by atoms with Gasteiger partial charge in [0.05, 0.1) is 12.1 Å². The summed E-state index contributed by atoms with van der Waals surface area (Å²) in [7, 11) is -3.36. The van der Waals surface area contributed by atoms with Crippen molar-refractivity contribution < 1.29 is 18.6 Å². The Morgan fingerprint density at radius 3 is 2.64 bits per heavy atom. The molecule has 2 heterocycles. The summed E-state index contributed by atoms with van der Waals surface area (Å²) in [6, 6.07) is 17.0. The molecule has 44 heavy (non-hydrogen) atoms. The van der Waals surface area contributed by atoms with E-state index in [4.69, 9.17) is 10.3 Å². The van der Waals surface area contributed by atoms with Crippen molar-refractivity contribution in [1.29, 1.82) is 0 Å². The fourth-order valence-corrected chi connectivity index (χ4v) is 7.68. The van der Waals surface area contributed by atoms with Crippen LogP contribution < -0.4 is 4.74 Å². The highest BCUT2D eigenvalue weighted by atomic mass is 32.3. The maximum Gasteiger partial charge on any atom is 0.225 e. The van der Waals surface area contributed by atoms with Gasteiger partial charge in [-0.05, 0) is 83.9 Å². The highest BCUT2D eigenvalue weighted by molar-refractivity contribution is 8.22. The van der Waals surface area contributed by atoms with Crippen LogP contribution in [0.3, 0.4) is 0 Å². The number of aryl methyl sites for hydroxylation is 3. The van der Waals surface area contributed by atoms with Crippen molar-refractivity contribution in [2.75, 3.05) is 6.54 Å². The van der Waals surface area contributed by atoms with Crippen molar-refractivity contribution >= 4 is 27.7 Å². The Labute approximate surface area is 258 Å². The van der Waals surface area contributed by atoms with Crippen LogP contribution in [0, 0.1) is 19.3 Å². The Balaban J connectivity index is 1.63. The van der Waals surface area contributed by atoms with Gasteiger partial charge in [-0.1, -0.05) is 62.4 Å². The van der Waals surface area contributed by atoms with Crippen molar-refractivity contribution in [2.24, 2.45) is 10.5 Å². The van der Waals surface area contributed by atoms with Crippen LogP contribution in [0.2, 0.25) is 0 Å². The number of nitrogens with zero attached hydrogens (tertiary/aromatic N) is 7. The molecule has 11 nitrogen and oxygen atoms in total. The number of hydrogen-bond donors (Lipinski definition) is 2.